The van der Waals surface area contributed by atoms with Crippen molar-refractivity contribution in [2.45, 2.75) is 36.0 Å². The molecule has 5 nitrogen and oxygen atoms in total. The second-order valence-corrected chi connectivity index (χ2v) is 10.9. The number of pyridine rings is 1. The molecular weight excluding hydrogens is 670 g/mol. The Hall–Kier alpha value is -3.65. The summed E-state index contributed by atoms with van der Waals surface area (Å²) in [6, 6.07) is 29.4. The van der Waals surface area contributed by atoms with Gasteiger partial charge in [0.15, 0.2) is 0 Å². The molecule has 7 heteroatoms. The number of hydrogen-bond acceptors (Lipinski definition) is 3. The van der Waals surface area contributed by atoms with Crippen LogP contribution in [0.15, 0.2) is 95.1 Å². The first-order chi connectivity index (χ1) is 17.9. The van der Waals surface area contributed by atoms with Crippen molar-refractivity contribution < 1.29 is 21.1 Å². The largest absolute Gasteiger partial charge is 2.00 e. The number of rotatable bonds is 4. The zero-order valence-electron chi connectivity index (χ0n) is 21.0. The molecule has 38 heavy (non-hydrogen) atoms. The fourth-order valence-electron chi connectivity index (χ4n) is 4.47. The Morgan fingerprint density at radius 3 is 2.50 bits per heavy atom. The standard InChI is InChI=1S/C31H23N5S.Pt/c1-31(2,3)21-12-14-33-30(16-21)36-28-9-6-5-8-26(28)27-11-10-24(20-29(27)36)37-25-18-22(32-4)17-23(19-25)35-15-7-13-34-35;/h5-18H,1-3H3;/q-2;+2. The van der Waals surface area contributed by atoms with E-state index in [-0.39, 0.29) is 26.5 Å². The van der Waals surface area contributed by atoms with Gasteiger partial charge in [-0.1, -0.05) is 50.2 Å². The van der Waals surface area contributed by atoms with E-state index in [1.165, 1.54) is 17.3 Å². The molecule has 3 heterocycles. The van der Waals surface area contributed by atoms with Crippen LogP contribution in [0.4, 0.5) is 5.69 Å². The average molecular weight is 693 g/mol. The van der Waals surface area contributed by atoms with Crippen molar-refractivity contribution in [2.75, 3.05) is 0 Å². The fourth-order valence-corrected chi connectivity index (χ4v) is 5.32. The van der Waals surface area contributed by atoms with E-state index in [2.05, 4.69) is 95.9 Å². The molecule has 0 amide bonds. The SMILES string of the molecule is [C-]#[N+]c1cc(Sc2[c-]c3c(cc2)c2ccccc2n3-c2cc(C(C)(C)C)ccn2)[c-]c(-n2cccn2)c1.[Pt+2]. The van der Waals surface area contributed by atoms with Gasteiger partial charge in [-0.25, -0.2) is 4.98 Å². The van der Waals surface area contributed by atoms with Crippen molar-refractivity contribution in [3.63, 3.8) is 0 Å². The quantitative estimate of drug-likeness (QED) is 0.176. The Morgan fingerprint density at radius 1 is 0.895 bits per heavy atom. The van der Waals surface area contributed by atoms with Crippen molar-refractivity contribution in [2.24, 2.45) is 0 Å². The van der Waals surface area contributed by atoms with Crippen LogP contribution >= 0.6 is 11.8 Å². The second-order valence-electron chi connectivity index (χ2n) is 9.84. The zero-order valence-corrected chi connectivity index (χ0v) is 24.1. The van der Waals surface area contributed by atoms with E-state index in [4.69, 9.17) is 11.6 Å². The van der Waals surface area contributed by atoms with Crippen LogP contribution in [-0.2, 0) is 26.5 Å². The summed E-state index contributed by atoms with van der Waals surface area (Å²) >= 11 is 1.54. The van der Waals surface area contributed by atoms with Crippen LogP contribution in [0.25, 0.3) is 38.2 Å². The molecule has 6 aromatic rings. The molecule has 0 saturated heterocycles. The van der Waals surface area contributed by atoms with Gasteiger partial charge in [-0.05, 0) is 40.6 Å². The molecule has 0 unspecified atom stereocenters. The summed E-state index contributed by atoms with van der Waals surface area (Å²) in [6.07, 6.45) is 5.45. The molecule has 0 spiro atoms. The average Bonchev–Trinajstić information content (AvgIpc) is 3.55. The molecule has 0 aliphatic heterocycles. The maximum absolute atomic E-state index is 7.55. The molecule has 0 aliphatic rings. The molecule has 0 saturated carbocycles. The molecule has 3 aromatic heterocycles. The van der Waals surface area contributed by atoms with Gasteiger partial charge < -0.3 is 4.57 Å². The number of fused-ring (bicyclic) bond motifs is 3. The van der Waals surface area contributed by atoms with Gasteiger partial charge >= 0.3 is 21.1 Å². The maximum Gasteiger partial charge on any atom is 2.00 e. The topological polar surface area (TPSA) is 40.0 Å². The third-order valence-electron chi connectivity index (χ3n) is 6.31. The number of benzene rings is 3. The first-order valence-corrected chi connectivity index (χ1v) is 12.8. The van der Waals surface area contributed by atoms with Gasteiger partial charge in [0.25, 0.3) is 0 Å². The molecule has 6 rings (SSSR count). The number of hydrogen-bond donors (Lipinski definition) is 0. The van der Waals surface area contributed by atoms with E-state index in [1.54, 1.807) is 16.9 Å². The Labute approximate surface area is 240 Å². The predicted octanol–water partition coefficient (Wildman–Crippen LogP) is 7.96. The number of para-hydroxylation sites is 1. The Bertz CT molecular complexity index is 1810. The van der Waals surface area contributed by atoms with Crippen molar-refractivity contribution in [1.29, 1.82) is 0 Å². The molecular formula is C31H23N5PtS. The van der Waals surface area contributed by atoms with Crippen molar-refractivity contribution in [3.8, 4) is 11.5 Å². The minimum absolute atomic E-state index is 0. The van der Waals surface area contributed by atoms with Crippen LogP contribution in [0, 0.1) is 18.7 Å². The van der Waals surface area contributed by atoms with Crippen LogP contribution in [-0.4, -0.2) is 19.3 Å². The van der Waals surface area contributed by atoms with Crippen LogP contribution in [0.1, 0.15) is 26.3 Å². The van der Waals surface area contributed by atoms with Crippen LogP contribution in [0.2, 0.25) is 0 Å². The van der Waals surface area contributed by atoms with E-state index in [1.807, 2.05) is 24.5 Å². The number of nitrogens with zero attached hydrogens (tertiary/aromatic N) is 5. The molecule has 0 aliphatic carbocycles. The summed E-state index contributed by atoms with van der Waals surface area (Å²) in [6.45, 7) is 14.2. The van der Waals surface area contributed by atoms with Gasteiger partial charge in [0.1, 0.15) is 5.82 Å². The third kappa shape index (κ3) is 4.80. The summed E-state index contributed by atoms with van der Waals surface area (Å²) in [5.74, 6) is 0.875. The summed E-state index contributed by atoms with van der Waals surface area (Å²) in [5.41, 5.74) is 4.59. The van der Waals surface area contributed by atoms with E-state index in [0.717, 1.165) is 43.1 Å². The molecule has 0 fully saturated rings. The summed E-state index contributed by atoms with van der Waals surface area (Å²) in [7, 11) is 0. The van der Waals surface area contributed by atoms with Gasteiger partial charge in [0.05, 0.1) is 12.3 Å². The van der Waals surface area contributed by atoms with Gasteiger partial charge in [0, 0.05) is 24.1 Å². The Kier molecular flexibility index (Phi) is 7.01. The fraction of sp³-hybridized carbons (Fsp3) is 0.129. The van der Waals surface area contributed by atoms with Gasteiger partial charge in [-0.3, -0.25) is 9.53 Å². The molecule has 0 radical (unpaired) electrons. The molecule has 0 N–H and O–H groups in total. The summed E-state index contributed by atoms with van der Waals surface area (Å²) in [5, 5.41) is 6.59. The van der Waals surface area contributed by atoms with Crippen LogP contribution in [0.3, 0.4) is 0 Å². The maximum atomic E-state index is 7.55. The van der Waals surface area contributed by atoms with Crippen molar-refractivity contribution in [1.82, 2.24) is 19.3 Å². The van der Waals surface area contributed by atoms with Crippen LogP contribution in [0.5, 0.6) is 0 Å². The number of aromatic nitrogens is 4. The third-order valence-corrected chi connectivity index (χ3v) is 7.21. The monoisotopic (exact) mass is 692 g/mol. The first kappa shape index (κ1) is 26.0. The van der Waals surface area contributed by atoms with E-state index < -0.39 is 0 Å². The van der Waals surface area contributed by atoms with Gasteiger partial charge in [-0.2, -0.15) is 23.3 Å². The van der Waals surface area contributed by atoms with E-state index in [9.17, 15) is 0 Å². The Balaban J connectivity index is 0.00000294. The summed E-state index contributed by atoms with van der Waals surface area (Å²) < 4.78 is 3.91. The van der Waals surface area contributed by atoms with E-state index in [0.29, 0.717) is 5.69 Å². The molecule has 188 valence electrons. The van der Waals surface area contributed by atoms with Gasteiger partial charge in [0.2, 0.25) is 0 Å². The second kappa shape index (κ2) is 10.2. The molecule has 0 bridgehead atoms. The van der Waals surface area contributed by atoms with Gasteiger partial charge in [-0.15, -0.1) is 45.1 Å². The van der Waals surface area contributed by atoms with E-state index >= 15 is 0 Å². The van der Waals surface area contributed by atoms with Crippen molar-refractivity contribution >= 4 is 39.3 Å². The van der Waals surface area contributed by atoms with Crippen molar-refractivity contribution in [3.05, 3.63) is 114 Å². The summed E-state index contributed by atoms with van der Waals surface area (Å²) in [4.78, 5) is 10.2. The Morgan fingerprint density at radius 2 is 1.74 bits per heavy atom. The normalized spacial score (nSPS) is 11.4. The molecule has 3 aromatic carbocycles. The minimum atomic E-state index is 0. The first-order valence-electron chi connectivity index (χ1n) is 12.0. The minimum Gasteiger partial charge on any atom is -0.319 e. The molecule has 0 atom stereocenters. The smallest absolute Gasteiger partial charge is 0.319 e. The van der Waals surface area contributed by atoms with Crippen LogP contribution < -0.4 is 0 Å². The zero-order chi connectivity index (χ0) is 25.6. The predicted molar refractivity (Wildman–Crippen MR) is 149 cm³/mol.